The summed E-state index contributed by atoms with van der Waals surface area (Å²) in [5.41, 5.74) is 7.70. The van der Waals surface area contributed by atoms with E-state index in [1.165, 1.54) is 18.3 Å². The van der Waals surface area contributed by atoms with Gasteiger partial charge in [0.1, 0.15) is 11.5 Å². The number of nitrogen functional groups attached to an aromatic ring is 1. The number of nitrogens with zero attached hydrogens (tertiary/aromatic N) is 4. The number of hydrogen-bond acceptors (Lipinski definition) is 8. The summed E-state index contributed by atoms with van der Waals surface area (Å²) in [6.45, 7) is 2.12. The van der Waals surface area contributed by atoms with Crippen LogP contribution >= 0.6 is 0 Å². The van der Waals surface area contributed by atoms with Gasteiger partial charge in [-0.15, -0.1) is 0 Å². The third-order valence-electron chi connectivity index (χ3n) is 6.39. The molecule has 1 amide bonds. The number of anilines is 2. The van der Waals surface area contributed by atoms with Crippen LogP contribution in [0, 0.1) is 0 Å². The Morgan fingerprint density at radius 3 is 2.62 bits per heavy atom. The van der Waals surface area contributed by atoms with Crippen LogP contribution in [0.25, 0.3) is 10.9 Å². The van der Waals surface area contributed by atoms with Crippen LogP contribution in [0.3, 0.4) is 0 Å². The Bertz CT molecular complexity index is 1710. The van der Waals surface area contributed by atoms with E-state index in [1.54, 1.807) is 12.1 Å². The lowest BCUT2D eigenvalue weighted by Gasteiger charge is -2.25. The van der Waals surface area contributed by atoms with Crippen molar-refractivity contribution in [3.8, 4) is 0 Å². The fraction of sp³-hybridized carbons (Fsp3) is 0.231. The smallest absolute Gasteiger partial charge is 0.383 e. The van der Waals surface area contributed by atoms with Crippen molar-refractivity contribution in [3.05, 3.63) is 82.8 Å². The van der Waals surface area contributed by atoms with Crippen molar-refractivity contribution in [2.45, 2.75) is 37.4 Å². The van der Waals surface area contributed by atoms with Crippen LogP contribution in [0.5, 0.6) is 0 Å². The number of nitrogens with two attached hydrogens (primary N) is 1. The van der Waals surface area contributed by atoms with Crippen molar-refractivity contribution < 1.29 is 31.1 Å². The fourth-order valence-corrected chi connectivity index (χ4v) is 5.39. The Labute approximate surface area is 221 Å². The number of aromatic nitrogens is 3. The molecular weight excluding hydrogens is 535 g/mol. The predicted molar refractivity (Wildman–Crippen MR) is 136 cm³/mol. The van der Waals surface area contributed by atoms with E-state index >= 15 is 0 Å². The summed E-state index contributed by atoms with van der Waals surface area (Å²) < 4.78 is 69.8. The molecule has 0 radical (unpaired) electrons. The summed E-state index contributed by atoms with van der Waals surface area (Å²) in [5.74, 6) is -0.437. The van der Waals surface area contributed by atoms with Gasteiger partial charge in [0.25, 0.3) is 5.91 Å². The maximum Gasteiger partial charge on any atom is 0.433 e. The highest BCUT2D eigenvalue weighted by atomic mass is 32.2. The molecule has 0 fully saturated rings. The van der Waals surface area contributed by atoms with Gasteiger partial charge in [0.15, 0.2) is 14.9 Å². The first kappa shape index (κ1) is 26.5. The van der Waals surface area contributed by atoms with Gasteiger partial charge in [0.05, 0.1) is 36.0 Å². The minimum Gasteiger partial charge on any atom is -0.383 e. The second-order valence-electron chi connectivity index (χ2n) is 9.12. The molecule has 1 atom stereocenters. The molecule has 5 rings (SSSR count). The Morgan fingerprint density at radius 1 is 1.18 bits per heavy atom. The van der Waals surface area contributed by atoms with Crippen LogP contribution in [-0.4, -0.2) is 35.5 Å². The van der Waals surface area contributed by atoms with Crippen molar-refractivity contribution in [1.29, 1.82) is 0 Å². The summed E-state index contributed by atoms with van der Waals surface area (Å²) in [7, 11) is -3.88. The molecule has 3 aromatic heterocycles. The molecular formula is C26H22F3N5O4S. The van der Waals surface area contributed by atoms with E-state index in [-0.39, 0.29) is 28.9 Å². The molecule has 0 spiro atoms. The second-order valence-corrected chi connectivity index (χ2v) is 11.0. The molecule has 1 aliphatic heterocycles. The highest BCUT2D eigenvalue weighted by Crippen LogP contribution is 2.38. The number of carbonyl (C=O) groups excluding carboxylic acids is 1. The average molecular weight is 558 g/mol. The molecule has 202 valence electrons. The van der Waals surface area contributed by atoms with Gasteiger partial charge < -0.3 is 15.4 Å². The third kappa shape index (κ3) is 5.02. The maximum absolute atomic E-state index is 13.6. The number of rotatable bonds is 5. The van der Waals surface area contributed by atoms with Crippen molar-refractivity contribution >= 4 is 38.2 Å². The van der Waals surface area contributed by atoms with E-state index in [4.69, 9.17) is 10.5 Å². The largest absolute Gasteiger partial charge is 0.433 e. The summed E-state index contributed by atoms with van der Waals surface area (Å²) in [6, 6.07) is 9.85. The predicted octanol–water partition coefficient (Wildman–Crippen LogP) is 4.47. The molecule has 0 unspecified atom stereocenters. The summed E-state index contributed by atoms with van der Waals surface area (Å²) >= 11 is 0. The van der Waals surface area contributed by atoms with Gasteiger partial charge in [0.2, 0.25) is 0 Å². The molecule has 2 N–H and O–H groups in total. The summed E-state index contributed by atoms with van der Waals surface area (Å²) in [4.78, 5) is 26.6. The summed E-state index contributed by atoms with van der Waals surface area (Å²) in [5, 5.41) is 0.473. The zero-order valence-corrected chi connectivity index (χ0v) is 21.5. The highest BCUT2D eigenvalue weighted by Gasteiger charge is 2.33. The van der Waals surface area contributed by atoms with Crippen LogP contribution in [0.1, 0.15) is 45.8 Å². The number of pyridine rings is 3. The van der Waals surface area contributed by atoms with E-state index in [1.807, 2.05) is 13.0 Å². The Balaban J connectivity index is 1.60. The number of benzene rings is 1. The topological polar surface area (TPSA) is 128 Å². The van der Waals surface area contributed by atoms with Crippen molar-refractivity contribution in [1.82, 2.24) is 15.0 Å². The van der Waals surface area contributed by atoms with Crippen LogP contribution in [0.2, 0.25) is 0 Å². The lowest BCUT2D eigenvalue weighted by molar-refractivity contribution is -0.141. The molecule has 0 bridgehead atoms. The van der Waals surface area contributed by atoms with Crippen molar-refractivity contribution in [2.75, 3.05) is 16.9 Å². The zero-order chi connectivity index (χ0) is 28.1. The van der Waals surface area contributed by atoms with E-state index in [0.717, 1.165) is 39.9 Å². The molecule has 13 heteroatoms. The molecule has 9 nitrogen and oxygen atoms in total. The lowest BCUT2D eigenvalue weighted by atomic mass is 10.0. The van der Waals surface area contributed by atoms with Gasteiger partial charge >= 0.3 is 6.18 Å². The van der Waals surface area contributed by atoms with E-state index < -0.39 is 27.6 Å². The van der Waals surface area contributed by atoms with Gasteiger partial charge in [0, 0.05) is 29.6 Å². The van der Waals surface area contributed by atoms with Crippen LogP contribution in [0.15, 0.2) is 59.9 Å². The number of sulfone groups is 1. The zero-order valence-electron chi connectivity index (χ0n) is 20.7. The summed E-state index contributed by atoms with van der Waals surface area (Å²) in [6.07, 6.45) is -1.84. The van der Waals surface area contributed by atoms with Gasteiger partial charge in [-0.3, -0.25) is 9.78 Å². The molecule has 39 heavy (non-hydrogen) atoms. The van der Waals surface area contributed by atoms with Crippen LogP contribution < -0.4 is 10.6 Å². The molecule has 0 aliphatic carbocycles. The van der Waals surface area contributed by atoms with Gasteiger partial charge in [-0.1, -0.05) is 12.1 Å². The van der Waals surface area contributed by atoms with E-state index in [2.05, 4.69) is 15.0 Å². The van der Waals surface area contributed by atoms with Gasteiger partial charge in [-0.25, -0.2) is 18.4 Å². The monoisotopic (exact) mass is 557 g/mol. The van der Waals surface area contributed by atoms with E-state index in [0.29, 0.717) is 29.6 Å². The Hall–Kier alpha value is -4.10. The minimum atomic E-state index is -4.68. The first-order chi connectivity index (χ1) is 18.3. The molecule has 1 aliphatic rings. The van der Waals surface area contributed by atoms with Crippen LogP contribution in [-0.2, 0) is 33.9 Å². The molecule has 0 saturated heterocycles. The minimum absolute atomic E-state index is 0.0337. The standard InChI is InChI=1S/C26H22F3N5O4S/c1-14-22-18(13-38-14)17-7-5-15(10-19(17)33-23(22)30)12-34(20-4-3-9-31-24(20)39(2,36)37)25(35)16-6-8-21(32-11-16)26(27,28)29/h3-11,14H,12-13H2,1-2H3,(H2,30,33)/t14-/m0/s1. The first-order valence-electron chi connectivity index (χ1n) is 11.7. The van der Waals surface area contributed by atoms with Crippen LogP contribution in [0.4, 0.5) is 24.7 Å². The SMILES string of the molecule is C[C@@H]1OCc2c1c(N)nc1cc(CN(C(=O)c3ccc(C(F)(F)F)nc3)c3cccnc3S(C)(=O)=O)ccc21. The van der Waals surface area contributed by atoms with Gasteiger partial charge in [-0.05, 0) is 48.4 Å². The van der Waals surface area contributed by atoms with E-state index in [9.17, 15) is 26.4 Å². The fourth-order valence-electron chi connectivity index (χ4n) is 4.58. The number of halogens is 3. The number of carbonyl (C=O) groups is 1. The van der Waals surface area contributed by atoms with Gasteiger partial charge in [-0.2, -0.15) is 13.2 Å². The normalized spacial score (nSPS) is 15.4. The maximum atomic E-state index is 13.6. The third-order valence-corrected chi connectivity index (χ3v) is 7.41. The first-order valence-corrected chi connectivity index (χ1v) is 13.6. The Morgan fingerprint density at radius 2 is 1.95 bits per heavy atom. The second kappa shape index (κ2) is 9.58. The highest BCUT2D eigenvalue weighted by molar-refractivity contribution is 7.90. The van der Waals surface area contributed by atoms with Crippen molar-refractivity contribution in [3.63, 3.8) is 0 Å². The molecule has 1 aromatic carbocycles. The molecule has 4 aromatic rings. The number of alkyl halides is 3. The quantitative estimate of drug-likeness (QED) is 0.381. The molecule has 0 saturated carbocycles. The van der Waals surface area contributed by atoms with Crippen molar-refractivity contribution in [2.24, 2.45) is 0 Å². The number of ether oxygens (including phenoxy) is 1. The average Bonchev–Trinajstić information content (AvgIpc) is 3.28. The number of hydrogen-bond donors (Lipinski definition) is 1. The number of fused-ring (bicyclic) bond motifs is 3. The lowest BCUT2D eigenvalue weighted by Crippen LogP contribution is -2.32. The number of amides is 1. The Kier molecular flexibility index (Phi) is 6.51. The molecule has 4 heterocycles.